The van der Waals surface area contributed by atoms with Crippen LogP contribution in [0.1, 0.15) is 52.1 Å². The molecular weight excluding hydrogens is 186 g/mol. The molecule has 0 fully saturated rings. The average Bonchev–Trinajstić information content (AvgIpc) is 2.61. The zero-order valence-corrected chi connectivity index (χ0v) is 10.2. The molecule has 1 aromatic rings. The van der Waals surface area contributed by atoms with Crippen molar-refractivity contribution >= 4 is 0 Å². The van der Waals surface area contributed by atoms with E-state index in [1.54, 1.807) is 0 Å². The molecule has 0 saturated carbocycles. The first-order valence-corrected chi connectivity index (χ1v) is 6.11. The van der Waals surface area contributed by atoms with Crippen LogP contribution in [0.25, 0.3) is 0 Å². The Morgan fingerprint density at radius 2 is 2.13 bits per heavy atom. The van der Waals surface area contributed by atoms with Gasteiger partial charge in [0.1, 0.15) is 0 Å². The number of unbranched alkanes of at least 4 members (excludes halogenated alkanes) is 1. The van der Waals surface area contributed by atoms with Gasteiger partial charge in [0, 0.05) is 12.7 Å². The summed E-state index contributed by atoms with van der Waals surface area (Å²) in [6.07, 6.45) is 8.10. The lowest BCUT2D eigenvalue weighted by Crippen LogP contribution is -1.99. The SMILES string of the molecule is CCCc1cn(CCCCC(C)C)nn1. The first kappa shape index (κ1) is 12.2. The van der Waals surface area contributed by atoms with Gasteiger partial charge in [-0.05, 0) is 18.8 Å². The van der Waals surface area contributed by atoms with Gasteiger partial charge in [0.25, 0.3) is 0 Å². The van der Waals surface area contributed by atoms with Gasteiger partial charge in [-0.1, -0.05) is 45.2 Å². The van der Waals surface area contributed by atoms with Crippen molar-refractivity contribution in [1.29, 1.82) is 0 Å². The highest BCUT2D eigenvalue weighted by atomic mass is 15.4. The fourth-order valence-electron chi connectivity index (χ4n) is 1.64. The lowest BCUT2D eigenvalue weighted by atomic mass is 10.1. The highest BCUT2D eigenvalue weighted by Gasteiger charge is 1.99. The third-order valence-corrected chi connectivity index (χ3v) is 2.51. The molecule has 0 atom stereocenters. The van der Waals surface area contributed by atoms with Crippen molar-refractivity contribution in [2.45, 2.75) is 59.4 Å². The molecule has 15 heavy (non-hydrogen) atoms. The van der Waals surface area contributed by atoms with Gasteiger partial charge in [0.05, 0.1) is 5.69 Å². The maximum absolute atomic E-state index is 4.13. The van der Waals surface area contributed by atoms with Crippen molar-refractivity contribution in [3.05, 3.63) is 11.9 Å². The lowest BCUT2D eigenvalue weighted by Gasteiger charge is -2.03. The van der Waals surface area contributed by atoms with E-state index in [-0.39, 0.29) is 0 Å². The monoisotopic (exact) mass is 209 g/mol. The highest BCUT2D eigenvalue weighted by Crippen LogP contribution is 2.07. The van der Waals surface area contributed by atoms with Crippen LogP contribution < -0.4 is 0 Å². The van der Waals surface area contributed by atoms with Crippen LogP contribution in [0.2, 0.25) is 0 Å². The quantitative estimate of drug-likeness (QED) is 0.646. The van der Waals surface area contributed by atoms with Gasteiger partial charge in [-0.15, -0.1) is 5.10 Å². The molecule has 0 aliphatic heterocycles. The molecule has 0 spiro atoms. The molecule has 0 amide bonds. The molecule has 0 bridgehead atoms. The van der Waals surface area contributed by atoms with E-state index in [9.17, 15) is 0 Å². The van der Waals surface area contributed by atoms with E-state index in [2.05, 4.69) is 37.3 Å². The third kappa shape index (κ3) is 4.96. The van der Waals surface area contributed by atoms with E-state index >= 15 is 0 Å². The molecule has 0 aliphatic rings. The van der Waals surface area contributed by atoms with Gasteiger partial charge in [-0.2, -0.15) is 0 Å². The minimum atomic E-state index is 0.816. The molecule has 3 nitrogen and oxygen atoms in total. The summed E-state index contributed by atoms with van der Waals surface area (Å²) in [4.78, 5) is 0. The molecule has 1 rings (SSSR count). The molecule has 0 aromatic carbocycles. The Bertz CT molecular complexity index is 266. The maximum Gasteiger partial charge on any atom is 0.0827 e. The van der Waals surface area contributed by atoms with Crippen molar-refractivity contribution in [3.8, 4) is 0 Å². The van der Waals surface area contributed by atoms with Gasteiger partial charge >= 0.3 is 0 Å². The van der Waals surface area contributed by atoms with Crippen molar-refractivity contribution in [1.82, 2.24) is 15.0 Å². The van der Waals surface area contributed by atoms with E-state index in [0.29, 0.717) is 0 Å². The van der Waals surface area contributed by atoms with Crippen molar-refractivity contribution in [3.63, 3.8) is 0 Å². The molecule has 0 saturated heterocycles. The predicted octanol–water partition coefficient (Wildman–Crippen LogP) is 3.06. The topological polar surface area (TPSA) is 30.7 Å². The molecular formula is C12H23N3. The van der Waals surface area contributed by atoms with Crippen LogP contribution in [0, 0.1) is 5.92 Å². The predicted molar refractivity (Wildman–Crippen MR) is 62.7 cm³/mol. The van der Waals surface area contributed by atoms with Gasteiger partial charge in [0.2, 0.25) is 0 Å². The zero-order valence-electron chi connectivity index (χ0n) is 10.2. The van der Waals surface area contributed by atoms with Gasteiger partial charge in [-0.3, -0.25) is 4.68 Å². The standard InChI is InChI=1S/C12H23N3/c1-4-7-12-10-15(14-13-12)9-6-5-8-11(2)3/h10-11H,4-9H2,1-3H3. The first-order valence-electron chi connectivity index (χ1n) is 6.11. The summed E-state index contributed by atoms with van der Waals surface area (Å²) in [7, 11) is 0. The maximum atomic E-state index is 4.13. The van der Waals surface area contributed by atoms with Crippen LogP contribution in [0.4, 0.5) is 0 Å². The number of hydrogen-bond acceptors (Lipinski definition) is 2. The molecule has 1 heterocycles. The van der Waals surface area contributed by atoms with E-state index in [1.165, 1.54) is 19.3 Å². The molecule has 0 radical (unpaired) electrons. The third-order valence-electron chi connectivity index (χ3n) is 2.51. The summed E-state index contributed by atoms with van der Waals surface area (Å²) in [5.41, 5.74) is 1.13. The second kappa shape index (κ2) is 6.59. The molecule has 3 heteroatoms. The van der Waals surface area contributed by atoms with Crippen LogP contribution in [0.15, 0.2) is 6.20 Å². The second-order valence-electron chi connectivity index (χ2n) is 4.61. The molecule has 86 valence electrons. The first-order chi connectivity index (χ1) is 7.22. The van der Waals surface area contributed by atoms with E-state index in [1.807, 2.05) is 4.68 Å². The smallest absolute Gasteiger partial charge is 0.0827 e. The summed E-state index contributed by atoms with van der Waals surface area (Å²) in [6, 6.07) is 0. The number of rotatable bonds is 7. The van der Waals surface area contributed by atoms with Gasteiger partial charge in [0.15, 0.2) is 0 Å². The van der Waals surface area contributed by atoms with Gasteiger partial charge in [-0.25, -0.2) is 0 Å². The van der Waals surface area contributed by atoms with E-state index in [0.717, 1.165) is 31.0 Å². The minimum Gasteiger partial charge on any atom is -0.252 e. The van der Waals surface area contributed by atoms with Crippen LogP contribution in [-0.4, -0.2) is 15.0 Å². The summed E-state index contributed by atoms with van der Waals surface area (Å²) in [5.74, 6) is 0.816. The van der Waals surface area contributed by atoms with E-state index < -0.39 is 0 Å². The van der Waals surface area contributed by atoms with Crippen molar-refractivity contribution in [2.75, 3.05) is 0 Å². The summed E-state index contributed by atoms with van der Waals surface area (Å²) < 4.78 is 1.98. The molecule has 0 aliphatic carbocycles. The zero-order chi connectivity index (χ0) is 11.1. The summed E-state index contributed by atoms with van der Waals surface area (Å²) >= 11 is 0. The molecule has 0 unspecified atom stereocenters. The Labute approximate surface area is 92.9 Å². The Morgan fingerprint density at radius 1 is 1.33 bits per heavy atom. The molecule has 0 N–H and O–H groups in total. The van der Waals surface area contributed by atoms with Crippen LogP contribution in [0.3, 0.4) is 0 Å². The Hall–Kier alpha value is -0.860. The largest absolute Gasteiger partial charge is 0.252 e. The van der Waals surface area contributed by atoms with Crippen LogP contribution in [0.5, 0.6) is 0 Å². The average molecular weight is 209 g/mol. The second-order valence-corrected chi connectivity index (χ2v) is 4.61. The Morgan fingerprint density at radius 3 is 2.80 bits per heavy atom. The Balaban J connectivity index is 2.19. The normalized spacial score (nSPS) is 11.2. The van der Waals surface area contributed by atoms with Gasteiger partial charge < -0.3 is 0 Å². The molecule has 1 aromatic heterocycles. The lowest BCUT2D eigenvalue weighted by molar-refractivity contribution is 0.485. The number of hydrogen-bond donors (Lipinski definition) is 0. The number of aryl methyl sites for hydroxylation is 2. The van der Waals surface area contributed by atoms with E-state index in [4.69, 9.17) is 0 Å². The Kier molecular flexibility index (Phi) is 5.37. The van der Waals surface area contributed by atoms with Crippen molar-refractivity contribution in [2.24, 2.45) is 5.92 Å². The minimum absolute atomic E-state index is 0.816. The van der Waals surface area contributed by atoms with Crippen molar-refractivity contribution < 1.29 is 0 Å². The van der Waals surface area contributed by atoms with Crippen LogP contribution >= 0.6 is 0 Å². The van der Waals surface area contributed by atoms with Crippen LogP contribution in [-0.2, 0) is 13.0 Å². The fraction of sp³-hybridized carbons (Fsp3) is 0.833. The summed E-state index contributed by atoms with van der Waals surface area (Å²) in [5, 5.41) is 8.25. The summed E-state index contributed by atoms with van der Waals surface area (Å²) in [6.45, 7) is 7.73. The number of nitrogens with zero attached hydrogens (tertiary/aromatic N) is 3. The highest BCUT2D eigenvalue weighted by molar-refractivity contribution is 4.91. The fourth-order valence-corrected chi connectivity index (χ4v) is 1.64. The number of aromatic nitrogens is 3.